The average Bonchev–Trinajstić information content (AvgIpc) is 2.26. The molecule has 0 radical (unpaired) electrons. The second kappa shape index (κ2) is 10.3. The van der Waals surface area contributed by atoms with Gasteiger partial charge in [0.15, 0.2) is 0 Å². The first-order valence-corrected chi connectivity index (χ1v) is 6.64. The Bertz CT molecular complexity index is 234. The lowest BCUT2D eigenvalue weighted by atomic mass is 10.1. The number of hydroxylamine groups is 2. The van der Waals surface area contributed by atoms with Crippen LogP contribution in [-0.4, -0.2) is 25.1 Å². The number of carbonyl (C=O) groups is 1. The fourth-order valence-corrected chi connectivity index (χ4v) is 1.56. The van der Waals surface area contributed by atoms with Gasteiger partial charge in [0.05, 0.1) is 0 Å². The third kappa shape index (κ3) is 10.1. The minimum Gasteiger partial charge on any atom is -0.365 e. The Balaban J connectivity index is 3.59. The number of unbranched alkanes of at least 4 members (excludes halogenated alkanes) is 6. The Morgan fingerprint density at radius 3 is 2.29 bits per heavy atom. The monoisotopic (exact) mass is 241 g/mol. The standard InChI is InChI=1S/C14H27NO2/c1-5-6-7-8-9-10-11-12-13(2)14(16)17-15(3)4/h12H,5-11H2,1-4H3. The van der Waals surface area contributed by atoms with Crippen molar-refractivity contribution in [2.75, 3.05) is 14.1 Å². The third-order valence-corrected chi connectivity index (χ3v) is 2.60. The van der Waals surface area contributed by atoms with Gasteiger partial charge in [-0.1, -0.05) is 45.1 Å². The predicted molar refractivity (Wildman–Crippen MR) is 71.5 cm³/mol. The Kier molecular flexibility index (Phi) is 9.83. The zero-order valence-electron chi connectivity index (χ0n) is 11.8. The smallest absolute Gasteiger partial charge is 0.352 e. The van der Waals surface area contributed by atoms with Gasteiger partial charge in [-0.25, -0.2) is 4.79 Å². The molecule has 0 saturated carbocycles. The van der Waals surface area contributed by atoms with Crippen LogP contribution >= 0.6 is 0 Å². The fourth-order valence-electron chi connectivity index (χ4n) is 1.56. The van der Waals surface area contributed by atoms with E-state index in [0.29, 0.717) is 5.57 Å². The van der Waals surface area contributed by atoms with Crippen molar-refractivity contribution in [1.29, 1.82) is 0 Å². The molecular formula is C14H27NO2. The van der Waals surface area contributed by atoms with Crippen LogP contribution in [0, 0.1) is 0 Å². The largest absolute Gasteiger partial charge is 0.365 e. The summed E-state index contributed by atoms with van der Waals surface area (Å²) in [5.41, 5.74) is 0.701. The summed E-state index contributed by atoms with van der Waals surface area (Å²) < 4.78 is 0. The van der Waals surface area contributed by atoms with E-state index in [0.717, 1.165) is 12.8 Å². The van der Waals surface area contributed by atoms with Crippen molar-refractivity contribution in [3.63, 3.8) is 0 Å². The Labute approximate surface area is 106 Å². The summed E-state index contributed by atoms with van der Waals surface area (Å²) in [6, 6.07) is 0. The Morgan fingerprint density at radius 1 is 1.12 bits per heavy atom. The highest BCUT2D eigenvalue weighted by Crippen LogP contribution is 2.09. The molecule has 0 rings (SSSR count). The lowest BCUT2D eigenvalue weighted by Crippen LogP contribution is -2.19. The summed E-state index contributed by atoms with van der Waals surface area (Å²) in [7, 11) is 3.41. The van der Waals surface area contributed by atoms with E-state index in [-0.39, 0.29) is 5.97 Å². The van der Waals surface area contributed by atoms with Gasteiger partial charge >= 0.3 is 5.97 Å². The number of hydrogen-bond donors (Lipinski definition) is 0. The molecule has 17 heavy (non-hydrogen) atoms. The highest BCUT2D eigenvalue weighted by molar-refractivity contribution is 5.87. The van der Waals surface area contributed by atoms with Crippen molar-refractivity contribution in [1.82, 2.24) is 5.06 Å². The molecule has 0 atom stereocenters. The van der Waals surface area contributed by atoms with E-state index in [4.69, 9.17) is 4.84 Å². The average molecular weight is 241 g/mol. The van der Waals surface area contributed by atoms with Crippen LogP contribution in [0.15, 0.2) is 11.6 Å². The molecule has 0 bridgehead atoms. The van der Waals surface area contributed by atoms with E-state index < -0.39 is 0 Å². The van der Waals surface area contributed by atoms with E-state index >= 15 is 0 Å². The quantitative estimate of drug-likeness (QED) is 0.350. The number of allylic oxidation sites excluding steroid dienone is 1. The minimum atomic E-state index is -0.249. The van der Waals surface area contributed by atoms with Gasteiger partial charge in [-0.3, -0.25) is 0 Å². The van der Waals surface area contributed by atoms with Gasteiger partial charge in [0.2, 0.25) is 0 Å². The summed E-state index contributed by atoms with van der Waals surface area (Å²) in [6.45, 7) is 4.03. The molecule has 0 aliphatic carbocycles. The van der Waals surface area contributed by atoms with Crippen LogP contribution in [0.25, 0.3) is 0 Å². The van der Waals surface area contributed by atoms with Gasteiger partial charge in [-0.05, 0) is 19.8 Å². The molecule has 0 fully saturated rings. The van der Waals surface area contributed by atoms with Gasteiger partial charge in [0, 0.05) is 19.7 Å². The summed E-state index contributed by atoms with van der Waals surface area (Å²) in [5, 5.41) is 1.42. The molecule has 0 heterocycles. The molecule has 0 spiro atoms. The molecule has 3 nitrogen and oxygen atoms in total. The first-order valence-electron chi connectivity index (χ1n) is 6.64. The number of rotatable bonds is 9. The van der Waals surface area contributed by atoms with Crippen LogP contribution in [0.2, 0.25) is 0 Å². The number of nitrogens with zero attached hydrogens (tertiary/aromatic N) is 1. The molecule has 0 aliphatic heterocycles. The van der Waals surface area contributed by atoms with Crippen LogP contribution in [0.5, 0.6) is 0 Å². The van der Waals surface area contributed by atoms with Crippen LogP contribution < -0.4 is 0 Å². The molecule has 3 heteroatoms. The molecule has 0 aromatic heterocycles. The molecule has 0 amide bonds. The maximum Gasteiger partial charge on any atom is 0.352 e. The fraction of sp³-hybridized carbons (Fsp3) is 0.786. The van der Waals surface area contributed by atoms with Gasteiger partial charge in [0.1, 0.15) is 0 Å². The van der Waals surface area contributed by atoms with E-state index in [1.807, 2.05) is 13.0 Å². The molecule has 0 aromatic rings. The van der Waals surface area contributed by atoms with Crippen molar-refractivity contribution < 1.29 is 9.63 Å². The van der Waals surface area contributed by atoms with Crippen molar-refractivity contribution in [2.45, 2.75) is 58.8 Å². The lowest BCUT2D eigenvalue weighted by Gasteiger charge is -2.09. The van der Waals surface area contributed by atoms with Crippen LogP contribution in [-0.2, 0) is 9.63 Å². The molecular weight excluding hydrogens is 214 g/mol. The SMILES string of the molecule is CCCCCCCCC=C(C)C(=O)ON(C)C. The maximum atomic E-state index is 11.4. The first-order chi connectivity index (χ1) is 8.07. The van der Waals surface area contributed by atoms with Gasteiger partial charge in [-0.15, -0.1) is 5.06 Å². The summed E-state index contributed by atoms with van der Waals surface area (Å²) >= 11 is 0. The van der Waals surface area contributed by atoms with E-state index in [1.165, 1.54) is 37.2 Å². The van der Waals surface area contributed by atoms with Gasteiger partial charge in [0.25, 0.3) is 0 Å². The topological polar surface area (TPSA) is 29.5 Å². The normalized spacial score (nSPS) is 11.9. The Morgan fingerprint density at radius 2 is 1.71 bits per heavy atom. The minimum absolute atomic E-state index is 0.249. The third-order valence-electron chi connectivity index (χ3n) is 2.60. The highest BCUT2D eigenvalue weighted by atomic mass is 16.7. The molecule has 0 aromatic carbocycles. The van der Waals surface area contributed by atoms with Crippen molar-refractivity contribution in [3.05, 3.63) is 11.6 Å². The first kappa shape index (κ1) is 16.2. The second-order valence-corrected chi connectivity index (χ2v) is 4.63. The van der Waals surface area contributed by atoms with E-state index in [1.54, 1.807) is 14.1 Å². The van der Waals surface area contributed by atoms with E-state index in [9.17, 15) is 4.79 Å². The lowest BCUT2D eigenvalue weighted by molar-refractivity contribution is -0.172. The van der Waals surface area contributed by atoms with Gasteiger partial charge in [-0.2, -0.15) is 0 Å². The Hall–Kier alpha value is -0.830. The van der Waals surface area contributed by atoms with Crippen LogP contribution in [0.3, 0.4) is 0 Å². The summed E-state index contributed by atoms with van der Waals surface area (Å²) in [5.74, 6) is -0.249. The van der Waals surface area contributed by atoms with Crippen LogP contribution in [0.4, 0.5) is 0 Å². The summed E-state index contributed by atoms with van der Waals surface area (Å²) in [6.07, 6.45) is 10.6. The van der Waals surface area contributed by atoms with Crippen LogP contribution in [0.1, 0.15) is 58.8 Å². The second-order valence-electron chi connectivity index (χ2n) is 4.63. The molecule has 0 unspecified atom stereocenters. The highest BCUT2D eigenvalue weighted by Gasteiger charge is 2.06. The molecule has 0 aliphatic rings. The number of carbonyl (C=O) groups excluding carboxylic acids is 1. The van der Waals surface area contributed by atoms with Crippen molar-refractivity contribution in [3.8, 4) is 0 Å². The molecule has 100 valence electrons. The van der Waals surface area contributed by atoms with Crippen molar-refractivity contribution >= 4 is 5.97 Å². The van der Waals surface area contributed by atoms with E-state index in [2.05, 4.69) is 6.92 Å². The predicted octanol–water partition coefficient (Wildman–Crippen LogP) is 3.70. The van der Waals surface area contributed by atoms with Gasteiger partial charge < -0.3 is 4.84 Å². The zero-order chi connectivity index (χ0) is 13.1. The number of hydrogen-bond acceptors (Lipinski definition) is 3. The summed E-state index contributed by atoms with van der Waals surface area (Å²) in [4.78, 5) is 16.4. The molecule has 0 saturated heterocycles. The van der Waals surface area contributed by atoms with Crippen molar-refractivity contribution in [2.24, 2.45) is 0 Å². The molecule has 0 N–H and O–H groups in total. The maximum absolute atomic E-state index is 11.4. The zero-order valence-corrected chi connectivity index (χ0v) is 11.8.